The molecule has 0 radical (unpaired) electrons. The average Bonchev–Trinajstić information content (AvgIpc) is 3.72. The zero-order valence-electron chi connectivity index (χ0n) is 34.2. The predicted octanol–water partition coefficient (Wildman–Crippen LogP) is 11.4. The molecule has 0 amide bonds. The largest absolute Gasteiger partial charge is 2.00 e. The number of benzene rings is 4. The summed E-state index contributed by atoms with van der Waals surface area (Å²) in [6, 6.07) is 31.1. The van der Waals surface area contributed by atoms with Crippen molar-refractivity contribution in [3.8, 4) is 17.3 Å². The van der Waals surface area contributed by atoms with Gasteiger partial charge in [0.15, 0.2) is 0 Å². The Balaban J connectivity index is 0.00000480. The Morgan fingerprint density at radius 2 is 1.50 bits per heavy atom. The van der Waals surface area contributed by atoms with Crippen LogP contribution in [-0.4, -0.2) is 20.5 Å². The molecule has 0 aliphatic carbocycles. The van der Waals surface area contributed by atoms with E-state index < -0.39 is 0 Å². The smallest absolute Gasteiger partial charge is 0.509 e. The SMILES string of the molecule is [2H]c1c([2H])c([2H])c2c(c1[2H])[N+](c1[c-]c(Oc3[c-]c4c(cc3)c3ccncc3n4-c3cc(C(C)(C)C)ccn3)ccc1)=C=[N+]2c1c(C(C)C)cccc1C(C)C.[Pt+2]. The first-order valence-corrected chi connectivity index (χ1v) is 17.3. The minimum Gasteiger partial charge on any atom is -0.509 e. The molecule has 0 atom stereocenters. The zero-order chi connectivity index (χ0) is 38.9. The Bertz CT molecular complexity index is 2750. The predicted molar refractivity (Wildman–Crippen MR) is 208 cm³/mol. The van der Waals surface area contributed by atoms with Crippen molar-refractivity contribution in [3.05, 3.63) is 138 Å². The minimum atomic E-state index is -0.318. The van der Waals surface area contributed by atoms with Crippen LogP contribution in [-0.2, 0) is 26.5 Å². The summed E-state index contributed by atoms with van der Waals surface area (Å²) in [5.41, 5.74) is 6.90. The molecule has 6 nitrogen and oxygen atoms in total. The number of fused-ring (bicyclic) bond motifs is 4. The third-order valence-corrected chi connectivity index (χ3v) is 9.37. The molecule has 0 N–H and O–H groups in total. The van der Waals surface area contributed by atoms with Gasteiger partial charge in [0.2, 0.25) is 5.69 Å². The fourth-order valence-electron chi connectivity index (χ4n) is 6.75. The third kappa shape index (κ3) is 6.21. The van der Waals surface area contributed by atoms with Crippen LogP contribution in [0.4, 0.5) is 22.7 Å². The van der Waals surface area contributed by atoms with Gasteiger partial charge in [-0.15, -0.1) is 23.6 Å². The summed E-state index contributed by atoms with van der Waals surface area (Å²) >= 11 is 0. The quantitative estimate of drug-likeness (QED) is 0.118. The molecule has 4 aromatic carbocycles. The van der Waals surface area contributed by atoms with E-state index in [-0.39, 0.29) is 62.5 Å². The molecule has 260 valence electrons. The summed E-state index contributed by atoms with van der Waals surface area (Å²) in [5.74, 6) is 1.92. The van der Waals surface area contributed by atoms with Gasteiger partial charge in [-0.1, -0.05) is 101 Å². The first-order chi connectivity index (χ1) is 26.2. The standard InChI is InChI=1S/C45H41N5O.Pt/c1-29(2)35-14-11-15-36(30(3)4)44(35)49-28-48(39-16-8-9-17-40(39)49)32-12-10-13-33(25-32)51-34-18-19-37-38-21-22-46-27-42(38)50(41(37)26-34)43-24-31(20-23-47-43)45(5,6)7;/h8-24,27,29-30H,1-7H3;/q;+2/i8D,9D,16D,17D;. The molecule has 0 saturated carbocycles. The van der Waals surface area contributed by atoms with Gasteiger partial charge in [-0.3, -0.25) is 4.98 Å². The summed E-state index contributed by atoms with van der Waals surface area (Å²) in [6.07, 6.45) is 5.46. The van der Waals surface area contributed by atoms with Gasteiger partial charge in [-0.05, 0) is 51.0 Å². The summed E-state index contributed by atoms with van der Waals surface area (Å²) in [4.78, 5) is 9.20. The fraction of sp³-hybridized carbons (Fsp3) is 0.222. The Kier molecular flexibility index (Phi) is 8.07. The second-order valence-corrected chi connectivity index (χ2v) is 14.5. The van der Waals surface area contributed by atoms with Gasteiger partial charge in [0, 0.05) is 47.1 Å². The molecule has 4 heterocycles. The van der Waals surface area contributed by atoms with Gasteiger partial charge in [0.05, 0.1) is 17.2 Å². The summed E-state index contributed by atoms with van der Waals surface area (Å²) < 4.78 is 47.3. The van der Waals surface area contributed by atoms with E-state index in [4.69, 9.17) is 15.2 Å². The second kappa shape index (κ2) is 13.8. The van der Waals surface area contributed by atoms with E-state index in [1.807, 2.05) is 54.9 Å². The first-order valence-electron chi connectivity index (χ1n) is 19.3. The normalized spacial score (nSPS) is 13.7. The van der Waals surface area contributed by atoms with Gasteiger partial charge >= 0.3 is 27.1 Å². The van der Waals surface area contributed by atoms with Crippen molar-refractivity contribution in [2.45, 2.75) is 65.7 Å². The molecule has 1 aliphatic rings. The van der Waals surface area contributed by atoms with Gasteiger partial charge in [-0.25, -0.2) is 4.98 Å². The van der Waals surface area contributed by atoms with Crippen molar-refractivity contribution in [3.63, 3.8) is 0 Å². The number of para-hydroxylation sites is 3. The Morgan fingerprint density at radius 1 is 0.808 bits per heavy atom. The van der Waals surface area contributed by atoms with E-state index in [0.29, 0.717) is 28.6 Å². The number of pyridine rings is 2. The van der Waals surface area contributed by atoms with Crippen molar-refractivity contribution in [2.75, 3.05) is 0 Å². The van der Waals surface area contributed by atoms with Crippen molar-refractivity contribution in [1.82, 2.24) is 23.7 Å². The third-order valence-electron chi connectivity index (χ3n) is 9.37. The van der Waals surface area contributed by atoms with E-state index in [1.54, 1.807) is 21.4 Å². The summed E-state index contributed by atoms with van der Waals surface area (Å²) in [7, 11) is 0. The van der Waals surface area contributed by atoms with Crippen LogP contribution in [0, 0.1) is 12.1 Å². The van der Waals surface area contributed by atoms with Crippen LogP contribution in [0.25, 0.3) is 27.6 Å². The Labute approximate surface area is 325 Å². The molecule has 0 fully saturated rings. The monoisotopic (exact) mass is 866 g/mol. The van der Waals surface area contributed by atoms with Crippen LogP contribution in [0.2, 0.25) is 0 Å². The van der Waals surface area contributed by atoms with Crippen molar-refractivity contribution >= 4 is 50.6 Å². The van der Waals surface area contributed by atoms with Gasteiger partial charge < -0.3 is 9.30 Å². The van der Waals surface area contributed by atoms with Crippen LogP contribution in [0.1, 0.15) is 82.5 Å². The molecular formula is C45H41N5OPt+2. The topological polar surface area (TPSA) is 46.0 Å². The van der Waals surface area contributed by atoms with Crippen LogP contribution >= 0.6 is 0 Å². The molecule has 1 aliphatic heterocycles. The van der Waals surface area contributed by atoms with E-state index in [0.717, 1.165) is 50.0 Å². The van der Waals surface area contributed by atoms with E-state index >= 15 is 0 Å². The van der Waals surface area contributed by atoms with E-state index in [1.165, 1.54) is 0 Å². The molecule has 0 saturated heterocycles. The van der Waals surface area contributed by atoms with Gasteiger partial charge in [0.1, 0.15) is 11.5 Å². The first kappa shape index (κ1) is 30.5. The average molecular weight is 867 g/mol. The second-order valence-electron chi connectivity index (χ2n) is 14.5. The summed E-state index contributed by atoms with van der Waals surface area (Å²) in [6.45, 7) is 15.0. The van der Waals surface area contributed by atoms with Crippen LogP contribution in [0.15, 0.2) is 109 Å². The minimum absolute atomic E-state index is 0. The zero-order valence-corrected chi connectivity index (χ0v) is 32.5. The van der Waals surface area contributed by atoms with Crippen molar-refractivity contribution in [2.24, 2.45) is 0 Å². The van der Waals surface area contributed by atoms with Crippen LogP contribution < -0.4 is 13.9 Å². The number of nitrogens with zero attached hydrogens (tertiary/aromatic N) is 5. The van der Waals surface area contributed by atoms with Crippen LogP contribution in [0.5, 0.6) is 11.5 Å². The Hall–Kier alpha value is -5.15. The van der Waals surface area contributed by atoms with Crippen molar-refractivity contribution < 1.29 is 31.3 Å². The molecule has 0 bridgehead atoms. The fourth-order valence-corrected chi connectivity index (χ4v) is 6.75. The Morgan fingerprint density at radius 3 is 2.21 bits per heavy atom. The maximum absolute atomic E-state index is 9.07. The van der Waals surface area contributed by atoms with E-state index in [9.17, 15) is 0 Å². The molecule has 0 unspecified atom stereocenters. The molecule has 8 rings (SSSR count). The molecule has 52 heavy (non-hydrogen) atoms. The molecule has 7 aromatic rings. The molecule has 3 aromatic heterocycles. The number of hydrogen-bond donors (Lipinski definition) is 0. The number of hydrogen-bond acceptors (Lipinski definition) is 3. The maximum Gasteiger partial charge on any atom is 2.00 e. The molecular weight excluding hydrogens is 822 g/mol. The summed E-state index contributed by atoms with van der Waals surface area (Å²) in [5, 5.41) is 2.01. The van der Waals surface area contributed by atoms with Gasteiger partial charge in [-0.2, -0.15) is 12.1 Å². The molecule has 0 spiro atoms. The maximum atomic E-state index is 9.07. The number of rotatable bonds is 7. The number of aromatic nitrogens is 3. The van der Waals surface area contributed by atoms with Crippen LogP contribution in [0.3, 0.4) is 0 Å². The van der Waals surface area contributed by atoms with Gasteiger partial charge in [0.25, 0.3) is 11.4 Å². The van der Waals surface area contributed by atoms with E-state index in [2.05, 4.69) is 94.4 Å². The van der Waals surface area contributed by atoms with Crippen molar-refractivity contribution in [1.29, 1.82) is 0 Å². The number of ether oxygens (including phenoxy) is 1. The molecule has 7 heteroatoms.